The Kier molecular flexibility index (Phi) is 26.5. The first kappa shape index (κ1) is 46.8. The van der Waals surface area contributed by atoms with Crippen LogP contribution < -0.4 is 5.32 Å². The molecule has 1 heterocycles. The minimum atomic E-state index is -5.10. The van der Waals surface area contributed by atoms with Gasteiger partial charge in [0.15, 0.2) is 6.29 Å². The summed E-state index contributed by atoms with van der Waals surface area (Å²) in [7, 11) is -5.10. The van der Waals surface area contributed by atoms with Gasteiger partial charge in [-0.3, -0.25) is 9.35 Å². The van der Waals surface area contributed by atoms with Crippen LogP contribution in [-0.4, -0.2) is 107 Å². The Hall–Kier alpha value is -1.20. The second kappa shape index (κ2) is 28.3. The Bertz CT molecular complexity index is 984. The van der Waals surface area contributed by atoms with E-state index >= 15 is 0 Å². The maximum Gasteiger partial charge on any atom is 0.397 e. The first-order valence-electron chi connectivity index (χ1n) is 19.2. The summed E-state index contributed by atoms with van der Waals surface area (Å²) in [6.07, 6.45) is 14.6. The quantitative estimate of drug-likeness (QED) is 0.0295. The minimum Gasteiger partial charge on any atom is -0.394 e. The van der Waals surface area contributed by atoms with Crippen molar-refractivity contribution in [2.24, 2.45) is 0 Å². The highest BCUT2D eigenvalue weighted by Crippen LogP contribution is 2.26. The number of carbonyl (C=O) groups is 1. The maximum absolute atomic E-state index is 13.0. The average Bonchev–Trinajstić information content (AvgIpc) is 3.08. The van der Waals surface area contributed by atoms with Crippen molar-refractivity contribution in [2.75, 3.05) is 13.2 Å². The summed E-state index contributed by atoms with van der Waals surface area (Å²) in [4.78, 5) is 13.0. The topological polar surface area (TPSA) is 212 Å². The predicted octanol–water partition coefficient (Wildman–Crippen LogP) is 4.62. The van der Waals surface area contributed by atoms with Crippen molar-refractivity contribution in [3.05, 3.63) is 12.2 Å². The molecule has 0 saturated carbocycles. The minimum absolute atomic E-state index is 0.246. The van der Waals surface area contributed by atoms with E-state index < -0.39 is 78.5 Å². The summed E-state index contributed by atoms with van der Waals surface area (Å²) >= 11 is 0. The molecular formula is C36H69NO12S. The smallest absolute Gasteiger partial charge is 0.394 e. The van der Waals surface area contributed by atoms with Crippen molar-refractivity contribution < 1.29 is 57.0 Å². The van der Waals surface area contributed by atoms with Crippen LogP contribution in [0.25, 0.3) is 0 Å². The zero-order valence-corrected chi connectivity index (χ0v) is 31.4. The van der Waals surface area contributed by atoms with Gasteiger partial charge in [-0.05, 0) is 38.5 Å². The number of nitrogens with one attached hydrogen (secondary N) is 1. The molecule has 0 aromatic carbocycles. The summed E-state index contributed by atoms with van der Waals surface area (Å²) in [5, 5.41) is 54.7. The molecule has 50 heavy (non-hydrogen) atoms. The van der Waals surface area contributed by atoms with Gasteiger partial charge >= 0.3 is 10.4 Å². The van der Waals surface area contributed by atoms with Crippen LogP contribution in [0.1, 0.15) is 149 Å². The number of ether oxygens (including phenoxy) is 2. The van der Waals surface area contributed by atoms with Crippen molar-refractivity contribution in [1.82, 2.24) is 5.32 Å². The molecule has 1 saturated heterocycles. The lowest BCUT2D eigenvalue weighted by Crippen LogP contribution is -2.61. The zero-order chi connectivity index (χ0) is 37.2. The van der Waals surface area contributed by atoms with E-state index in [-0.39, 0.29) is 6.42 Å². The molecule has 8 atom stereocenters. The van der Waals surface area contributed by atoms with Crippen LogP contribution in [0.15, 0.2) is 12.2 Å². The number of hydrogen-bond acceptors (Lipinski definition) is 11. The summed E-state index contributed by atoms with van der Waals surface area (Å²) in [5.74, 6) is -0.685. The van der Waals surface area contributed by atoms with Crippen molar-refractivity contribution in [1.29, 1.82) is 0 Å². The lowest BCUT2D eigenvalue weighted by Gasteiger charge is -2.41. The first-order valence-corrected chi connectivity index (χ1v) is 20.5. The average molecular weight is 740 g/mol. The summed E-state index contributed by atoms with van der Waals surface area (Å²) in [6.45, 7) is 3.14. The third-order valence-corrected chi connectivity index (χ3v) is 9.65. The second-order valence-corrected chi connectivity index (χ2v) is 14.7. The van der Waals surface area contributed by atoms with E-state index in [0.29, 0.717) is 19.3 Å². The van der Waals surface area contributed by atoms with Gasteiger partial charge in [-0.1, -0.05) is 122 Å². The molecule has 0 aromatic heterocycles. The van der Waals surface area contributed by atoms with Crippen LogP contribution in [0.5, 0.6) is 0 Å². The maximum atomic E-state index is 13.0. The number of unbranched alkanes of at least 4 members (excludes halogenated alkanes) is 16. The fourth-order valence-corrected chi connectivity index (χ4v) is 6.55. The van der Waals surface area contributed by atoms with Gasteiger partial charge in [-0.25, -0.2) is 4.18 Å². The van der Waals surface area contributed by atoms with Crippen LogP contribution in [0.3, 0.4) is 0 Å². The van der Waals surface area contributed by atoms with Crippen molar-refractivity contribution in [3.8, 4) is 0 Å². The van der Waals surface area contributed by atoms with Gasteiger partial charge in [0.05, 0.1) is 25.4 Å². The van der Waals surface area contributed by atoms with E-state index in [9.17, 15) is 38.7 Å². The van der Waals surface area contributed by atoms with Gasteiger partial charge < -0.3 is 40.3 Å². The van der Waals surface area contributed by atoms with E-state index in [0.717, 1.165) is 64.2 Å². The van der Waals surface area contributed by atoms with Crippen molar-refractivity contribution in [2.45, 2.75) is 198 Å². The molecule has 13 nitrogen and oxygen atoms in total. The fourth-order valence-electron chi connectivity index (χ4n) is 6.05. The Labute approximate surface area is 301 Å². The third kappa shape index (κ3) is 21.4. The molecule has 0 radical (unpaired) electrons. The summed E-state index contributed by atoms with van der Waals surface area (Å²) < 4.78 is 47.1. The van der Waals surface area contributed by atoms with Crippen LogP contribution in [0.4, 0.5) is 0 Å². The van der Waals surface area contributed by atoms with Gasteiger partial charge in [0.2, 0.25) is 5.91 Å². The molecule has 7 N–H and O–H groups in total. The van der Waals surface area contributed by atoms with Gasteiger partial charge in [0, 0.05) is 0 Å². The molecule has 296 valence electrons. The van der Waals surface area contributed by atoms with Crippen molar-refractivity contribution >= 4 is 16.3 Å². The molecule has 1 aliphatic rings. The van der Waals surface area contributed by atoms with E-state index in [4.69, 9.17) is 14.0 Å². The normalized spacial score (nSPS) is 23.2. The zero-order valence-electron chi connectivity index (χ0n) is 30.6. The Morgan fingerprint density at radius 2 is 1.28 bits per heavy atom. The number of rotatable bonds is 31. The van der Waals surface area contributed by atoms with Crippen molar-refractivity contribution in [3.63, 3.8) is 0 Å². The Morgan fingerprint density at radius 3 is 1.80 bits per heavy atom. The van der Waals surface area contributed by atoms with Gasteiger partial charge in [-0.2, -0.15) is 8.42 Å². The summed E-state index contributed by atoms with van der Waals surface area (Å²) in [6, 6.07) is -1.03. The molecule has 1 amide bonds. The number of aliphatic hydroxyl groups excluding tert-OH is 5. The second-order valence-electron chi connectivity index (χ2n) is 13.7. The molecule has 0 bridgehead atoms. The largest absolute Gasteiger partial charge is 0.397 e. The number of amides is 1. The van der Waals surface area contributed by atoms with Crippen LogP contribution in [-0.2, 0) is 28.9 Å². The van der Waals surface area contributed by atoms with E-state index in [1.165, 1.54) is 44.9 Å². The van der Waals surface area contributed by atoms with E-state index in [1.807, 2.05) is 0 Å². The van der Waals surface area contributed by atoms with Gasteiger partial charge in [0.1, 0.15) is 30.5 Å². The standard InChI is InChI=1S/C36H69NO12S/c1-3-5-7-9-11-12-13-14-15-16-17-18-19-21-23-25-30(40)35(43)37-28(29(39)24-22-20-10-8-6-4-2)27-47-36-33(42)34(49-50(44,45)46)32(41)31(26-38)48-36/h15-16,28-34,36,38-42H,3-14,17-27H2,1-2H3,(H,37,43)(H,44,45,46)/b16-15-. The molecular weight excluding hydrogens is 670 g/mol. The highest BCUT2D eigenvalue weighted by molar-refractivity contribution is 7.80. The van der Waals surface area contributed by atoms with E-state index in [1.54, 1.807) is 0 Å². The Balaban J connectivity index is 2.59. The number of aliphatic hydroxyl groups is 5. The summed E-state index contributed by atoms with van der Waals surface area (Å²) in [5.41, 5.74) is 0. The Morgan fingerprint density at radius 1 is 0.780 bits per heavy atom. The predicted molar refractivity (Wildman–Crippen MR) is 192 cm³/mol. The fraction of sp³-hybridized carbons (Fsp3) is 0.917. The number of hydrogen-bond donors (Lipinski definition) is 7. The third-order valence-electron chi connectivity index (χ3n) is 9.18. The van der Waals surface area contributed by atoms with Crippen LogP contribution in [0.2, 0.25) is 0 Å². The SMILES string of the molecule is CCCCCCCCC/C=C\CCCCCCC(O)C(=O)NC(COC1OC(CO)C(O)C(OS(=O)(=O)O)C1O)C(O)CCCCCCCC. The van der Waals surface area contributed by atoms with Crippen LogP contribution >= 0.6 is 0 Å². The first-order chi connectivity index (χ1) is 23.9. The molecule has 1 fully saturated rings. The number of carbonyl (C=O) groups excluding carboxylic acids is 1. The van der Waals surface area contributed by atoms with Crippen LogP contribution in [0, 0.1) is 0 Å². The lowest BCUT2D eigenvalue weighted by atomic mass is 9.99. The van der Waals surface area contributed by atoms with Gasteiger partial charge in [-0.15, -0.1) is 0 Å². The molecule has 0 spiro atoms. The molecule has 0 aliphatic carbocycles. The van der Waals surface area contributed by atoms with Gasteiger partial charge in [0.25, 0.3) is 0 Å². The highest BCUT2D eigenvalue weighted by atomic mass is 32.3. The monoisotopic (exact) mass is 739 g/mol. The van der Waals surface area contributed by atoms with E-state index in [2.05, 4.69) is 35.5 Å². The number of allylic oxidation sites excluding steroid dienone is 2. The highest BCUT2D eigenvalue weighted by Gasteiger charge is 2.48. The lowest BCUT2D eigenvalue weighted by molar-refractivity contribution is -0.298. The molecule has 14 heteroatoms. The molecule has 8 unspecified atom stereocenters. The molecule has 0 aromatic rings. The molecule has 1 rings (SSSR count). The molecule has 1 aliphatic heterocycles.